The fourth-order valence-corrected chi connectivity index (χ4v) is 6.37. The summed E-state index contributed by atoms with van der Waals surface area (Å²) < 4.78 is 76.0. The third kappa shape index (κ3) is 6.41. The minimum absolute atomic E-state index is 0.0299. The molecule has 39 heavy (non-hydrogen) atoms. The number of benzene rings is 2. The van der Waals surface area contributed by atoms with Crippen molar-refractivity contribution in [2.24, 2.45) is 29.6 Å². The number of hydrogen-bond donors (Lipinski definition) is 0. The van der Waals surface area contributed by atoms with Gasteiger partial charge in [-0.1, -0.05) is 25.8 Å². The van der Waals surface area contributed by atoms with E-state index < -0.39 is 23.7 Å². The smallest absolute Gasteiger partial charge is 0.400 e. The molecule has 210 valence electrons. The summed E-state index contributed by atoms with van der Waals surface area (Å²) in [7, 11) is 0. The molecule has 0 unspecified atom stereocenters. The van der Waals surface area contributed by atoms with Crippen LogP contribution in [0, 0.1) is 52.6 Å². The largest absolute Gasteiger partial charge is 0.432 e. The summed E-state index contributed by atoms with van der Waals surface area (Å²) in [6.45, 7) is 3.67. The van der Waals surface area contributed by atoms with E-state index in [0.717, 1.165) is 18.1 Å². The fourth-order valence-electron chi connectivity index (χ4n) is 6.37. The summed E-state index contributed by atoms with van der Waals surface area (Å²) in [5.74, 6) is -0.931. The number of hydrogen-bond acceptors (Lipinski definition) is 4. The van der Waals surface area contributed by atoms with Gasteiger partial charge in [0.15, 0.2) is 6.29 Å². The van der Waals surface area contributed by atoms with Crippen LogP contribution < -0.4 is 4.74 Å². The second-order valence-electron chi connectivity index (χ2n) is 11.5. The molecule has 4 nitrogen and oxygen atoms in total. The van der Waals surface area contributed by atoms with Crippen LogP contribution in [0.1, 0.15) is 63.9 Å². The third-order valence-electron chi connectivity index (χ3n) is 8.90. The second-order valence-corrected chi connectivity index (χ2v) is 11.5. The maximum absolute atomic E-state index is 15.1. The van der Waals surface area contributed by atoms with Crippen molar-refractivity contribution in [3.63, 3.8) is 0 Å². The van der Waals surface area contributed by atoms with Gasteiger partial charge in [-0.3, -0.25) is 0 Å². The highest BCUT2D eigenvalue weighted by Crippen LogP contribution is 2.43. The highest BCUT2D eigenvalue weighted by atomic mass is 19.3. The van der Waals surface area contributed by atoms with Crippen LogP contribution in [0.3, 0.4) is 0 Å². The van der Waals surface area contributed by atoms with E-state index in [1.165, 1.54) is 49.9 Å². The summed E-state index contributed by atoms with van der Waals surface area (Å²) in [6, 6.07) is 8.82. The van der Waals surface area contributed by atoms with Crippen molar-refractivity contribution in [1.82, 2.24) is 0 Å². The first-order valence-electron chi connectivity index (χ1n) is 14.0. The van der Waals surface area contributed by atoms with E-state index >= 15 is 8.78 Å². The molecule has 0 aromatic heterocycles. The lowest BCUT2D eigenvalue weighted by Gasteiger charge is -2.41. The topological polar surface area (TPSA) is 51.5 Å². The van der Waals surface area contributed by atoms with E-state index in [1.54, 1.807) is 6.07 Å². The number of nitriles is 1. The van der Waals surface area contributed by atoms with E-state index in [2.05, 4.69) is 6.92 Å². The first-order chi connectivity index (χ1) is 18.7. The first kappa shape index (κ1) is 27.9. The van der Waals surface area contributed by atoms with Gasteiger partial charge >= 0.3 is 6.11 Å². The van der Waals surface area contributed by atoms with Crippen molar-refractivity contribution in [3.8, 4) is 22.9 Å². The molecule has 0 bridgehead atoms. The predicted octanol–water partition coefficient (Wildman–Crippen LogP) is 8.10. The Kier molecular flexibility index (Phi) is 8.49. The highest BCUT2D eigenvalue weighted by molar-refractivity contribution is 5.66. The minimum Gasteiger partial charge on any atom is -0.432 e. The molecule has 2 aromatic rings. The molecule has 3 fully saturated rings. The average Bonchev–Trinajstić information content (AvgIpc) is 2.93. The molecule has 0 radical (unpaired) electrons. The van der Waals surface area contributed by atoms with Crippen LogP contribution in [0.2, 0.25) is 0 Å². The monoisotopic (exact) mass is 545 g/mol. The Balaban J connectivity index is 1.12. The molecule has 1 aliphatic heterocycles. The van der Waals surface area contributed by atoms with E-state index in [4.69, 9.17) is 19.5 Å². The van der Waals surface area contributed by atoms with Crippen LogP contribution in [0.15, 0.2) is 36.4 Å². The van der Waals surface area contributed by atoms with E-state index in [9.17, 15) is 8.78 Å². The summed E-state index contributed by atoms with van der Waals surface area (Å²) in [6.07, 6.45) is 2.80. The van der Waals surface area contributed by atoms with Gasteiger partial charge in [0.05, 0.1) is 24.7 Å². The zero-order valence-corrected chi connectivity index (χ0v) is 22.2. The molecule has 2 aromatic carbocycles. The zero-order chi connectivity index (χ0) is 27.6. The first-order valence-corrected chi connectivity index (χ1v) is 14.0. The van der Waals surface area contributed by atoms with Gasteiger partial charge in [0.25, 0.3) is 0 Å². The molecule has 5 rings (SSSR count). The Morgan fingerprint density at radius 3 is 2.10 bits per heavy atom. The average molecular weight is 546 g/mol. The zero-order valence-electron chi connectivity index (χ0n) is 22.2. The van der Waals surface area contributed by atoms with Crippen molar-refractivity contribution in [3.05, 3.63) is 53.6 Å². The molecule has 3 aliphatic rings. The van der Waals surface area contributed by atoms with E-state index in [0.29, 0.717) is 37.9 Å². The summed E-state index contributed by atoms with van der Waals surface area (Å²) in [4.78, 5) is 0. The van der Waals surface area contributed by atoms with Gasteiger partial charge in [-0.05, 0) is 80.2 Å². The van der Waals surface area contributed by atoms with Gasteiger partial charge < -0.3 is 14.2 Å². The molecule has 0 spiro atoms. The van der Waals surface area contributed by atoms with Crippen LogP contribution in [0.25, 0.3) is 11.1 Å². The fraction of sp³-hybridized carbons (Fsp3) is 0.581. The molecule has 8 heteroatoms. The minimum atomic E-state index is -3.46. The van der Waals surface area contributed by atoms with Crippen LogP contribution in [0.5, 0.6) is 5.75 Å². The Hall–Kier alpha value is -2.63. The summed E-state index contributed by atoms with van der Waals surface area (Å²) >= 11 is 0. The van der Waals surface area contributed by atoms with Crippen LogP contribution in [-0.4, -0.2) is 25.6 Å². The summed E-state index contributed by atoms with van der Waals surface area (Å²) in [5, 5.41) is 8.86. The number of halogens is 4. The van der Waals surface area contributed by atoms with Crippen LogP contribution >= 0.6 is 0 Å². The van der Waals surface area contributed by atoms with Crippen LogP contribution in [0.4, 0.5) is 17.6 Å². The van der Waals surface area contributed by atoms with Crippen molar-refractivity contribution < 1.29 is 31.8 Å². The van der Waals surface area contributed by atoms with Gasteiger partial charge in [-0.2, -0.15) is 14.0 Å². The number of nitrogens with zero attached hydrogens (tertiary/aromatic N) is 1. The number of alkyl halides is 2. The van der Waals surface area contributed by atoms with E-state index in [1.807, 2.05) is 0 Å². The van der Waals surface area contributed by atoms with Gasteiger partial charge in [0, 0.05) is 23.5 Å². The SMILES string of the molecule is CC1CCC(C2COC(C3CCC(C(F)(F)Oc4ccc(-c5ccc(C#N)c(F)c5)c(F)c4)CC3)OC2)CC1. The molecule has 2 aliphatic carbocycles. The van der Waals surface area contributed by atoms with Gasteiger partial charge in [0.2, 0.25) is 0 Å². The lowest BCUT2D eigenvalue weighted by molar-refractivity contribution is -0.251. The van der Waals surface area contributed by atoms with E-state index in [-0.39, 0.29) is 47.5 Å². The molecule has 0 atom stereocenters. The maximum Gasteiger partial charge on any atom is 0.400 e. The number of rotatable bonds is 6. The predicted molar refractivity (Wildman–Crippen MR) is 138 cm³/mol. The molecule has 1 saturated heterocycles. The van der Waals surface area contributed by atoms with Gasteiger partial charge in [-0.15, -0.1) is 0 Å². The Morgan fingerprint density at radius 2 is 1.49 bits per heavy atom. The summed E-state index contributed by atoms with van der Waals surface area (Å²) in [5.41, 5.74) is 0.0724. The normalized spacial score (nSPS) is 29.9. The van der Waals surface area contributed by atoms with Crippen molar-refractivity contribution >= 4 is 0 Å². The Labute approximate surface area is 227 Å². The second kappa shape index (κ2) is 11.9. The Morgan fingerprint density at radius 1 is 0.821 bits per heavy atom. The third-order valence-corrected chi connectivity index (χ3v) is 8.90. The molecule has 0 amide bonds. The molecule has 1 heterocycles. The molecule has 2 saturated carbocycles. The Bertz CT molecular complexity index is 1170. The maximum atomic E-state index is 15.1. The van der Waals surface area contributed by atoms with Crippen molar-refractivity contribution in [1.29, 1.82) is 5.26 Å². The van der Waals surface area contributed by atoms with Gasteiger partial charge in [0.1, 0.15) is 23.5 Å². The lowest BCUT2D eigenvalue weighted by atomic mass is 9.76. The lowest BCUT2D eigenvalue weighted by Crippen LogP contribution is -2.43. The van der Waals surface area contributed by atoms with Gasteiger partial charge in [-0.25, -0.2) is 8.78 Å². The van der Waals surface area contributed by atoms with Crippen LogP contribution in [-0.2, 0) is 9.47 Å². The molecular weight excluding hydrogens is 510 g/mol. The van der Waals surface area contributed by atoms with Crippen molar-refractivity contribution in [2.75, 3.05) is 13.2 Å². The molecule has 0 N–H and O–H groups in total. The quantitative estimate of drug-likeness (QED) is 0.344. The standard InChI is InChI=1S/C31H35F4NO3/c1-19-2-4-20(5-3-19)24-17-37-30(38-18-24)21-8-10-25(11-9-21)31(34,35)39-26-12-13-27(29(33)15-26)22-6-7-23(16-36)28(32)14-22/h6-7,12-15,19-21,24-25,30H,2-5,8-11,17-18H2,1H3. The number of ether oxygens (including phenoxy) is 3. The highest BCUT2D eigenvalue weighted by Gasteiger charge is 2.46. The van der Waals surface area contributed by atoms with Crippen molar-refractivity contribution in [2.45, 2.75) is 70.7 Å². The molecular formula is C31H35F4NO3.